The van der Waals surface area contributed by atoms with E-state index in [2.05, 4.69) is 15.1 Å². The monoisotopic (exact) mass is 342 g/mol. The van der Waals surface area contributed by atoms with Gasteiger partial charge in [0.15, 0.2) is 0 Å². The van der Waals surface area contributed by atoms with E-state index in [0.717, 1.165) is 5.69 Å². The standard InChI is InChI=1S/C16H18N6O3/c23-15(13-9-17-3-4-18-13)21-10-12-1-2-19-22(12)14(11-21)16(24)20-5-7-25-8-6-20/h1-4,9,14H,5-8,10-11H2. The minimum atomic E-state index is -0.530. The largest absolute Gasteiger partial charge is 0.378 e. The van der Waals surface area contributed by atoms with Crippen molar-refractivity contribution in [2.75, 3.05) is 32.8 Å². The number of carbonyl (C=O) groups excluding carboxylic acids is 2. The summed E-state index contributed by atoms with van der Waals surface area (Å²) >= 11 is 0. The molecule has 1 fully saturated rings. The van der Waals surface area contributed by atoms with E-state index in [1.807, 2.05) is 6.07 Å². The topological polar surface area (TPSA) is 93.5 Å². The highest BCUT2D eigenvalue weighted by molar-refractivity contribution is 5.92. The lowest BCUT2D eigenvalue weighted by Gasteiger charge is -2.36. The lowest BCUT2D eigenvalue weighted by atomic mass is 10.1. The van der Waals surface area contributed by atoms with Crippen molar-refractivity contribution in [3.63, 3.8) is 0 Å². The number of aromatic nitrogens is 4. The fourth-order valence-corrected chi connectivity index (χ4v) is 3.20. The number of hydrogen-bond acceptors (Lipinski definition) is 6. The molecular weight excluding hydrogens is 324 g/mol. The van der Waals surface area contributed by atoms with Gasteiger partial charge >= 0.3 is 0 Å². The highest BCUT2D eigenvalue weighted by atomic mass is 16.5. The number of fused-ring (bicyclic) bond motifs is 1. The molecule has 0 radical (unpaired) electrons. The van der Waals surface area contributed by atoms with Gasteiger partial charge in [0.05, 0.1) is 38.2 Å². The van der Waals surface area contributed by atoms with Crippen LogP contribution in [-0.4, -0.2) is 74.2 Å². The van der Waals surface area contributed by atoms with Crippen LogP contribution >= 0.6 is 0 Å². The Morgan fingerprint density at radius 3 is 2.72 bits per heavy atom. The average Bonchev–Trinajstić information content (AvgIpc) is 3.16. The molecule has 2 aliphatic heterocycles. The maximum Gasteiger partial charge on any atom is 0.274 e. The lowest BCUT2D eigenvalue weighted by molar-refractivity contribution is -0.140. The predicted molar refractivity (Wildman–Crippen MR) is 85.4 cm³/mol. The molecule has 2 aliphatic rings. The lowest BCUT2D eigenvalue weighted by Crippen LogP contribution is -2.50. The summed E-state index contributed by atoms with van der Waals surface area (Å²) < 4.78 is 7.03. The normalized spacial score (nSPS) is 20.2. The zero-order chi connectivity index (χ0) is 17.2. The second-order valence-corrected chi connectivity index (χ2v) is 6.00. The van der Waals surface area contributed by atoms with E-state index in [4.69, 9.17) is 4.74 Å². The van der Waals surface area contributed by atoms with Crippen molar-refractivity contribution in [1.82, 2.24) is 29.5 Å². The van der Waals surface area contributed by atoms with Gasteiger partial charge in [0.1, 0.15) is 11.7 Å². The van der Waals surface area contributed by atoms with E-state index >= 15 is 0 Å². The Bertz CT molecular complexity index is 771. The van der Waals surface area contributed by atoms with Crippen molar-refractivity contribution < 1.29 is 14.3 Å². The molecule has 9 nitrogen and oxygen atoms in total. The third kappa shape index (κ3) is 2.98. The minimum Gasteiger partial charge on any atom is -0.378 e. The molecule has 0 spiro atoms. The van der Waals surface area contributed by atoms with E-state index < -0.39 is 6.04 Å². The first-order valence-electron chi connectivity index (χ1n) is 8.18. The molecule has 0 N–H and O–H groups in total. The van der Waals surface area contributed by atoms with Gasteiger partial charge in [0, 0.05) is 31.7 Å². The van der Waals surface area contributed by atoms with Crippen molar-refractivity contribution in [3.05, 3.63) is 42.2 Å². The molecule has 0 aliphatic carbocycles. The summed E-state index contributed by atoms with van der Waals surface area (Å²) in [7, 11) is 0. The van der Waals surface area contributed by atoms with Gasteiger partial charge < -0.3 is 14.5 Å². The summed E-state index contributed by atoms with van der Waals surface area (Å²) in [6, 6.07) is 1.30. The molecule has 1 atom stereocenters. The highest BCUT2D eigenvalue weighted by Crippen LogP contribution is 2.23. The van der Waals surface area contributed by atoms with Crippen molar-refractivity contribution in [1.29, 1.82) is 0 Å². The van der Waals surface area contributed by atoms with Crippen molar-refractivity contribution in [3.8, 4) is 0 Å². The molecule has 2 aromatic heterocycles. The summed E-state index contributed by atoms with van der Waals surface area (Å²) in [6.07, 6.45) is 6.10. The van der Waals surface area contributed by atoms with Crippen LogP contribution in [0.1, 0.15) is 22.2 Å². The number of hydrogen-bond donors (Lipinski definition) is 0. The number of carbonyl (C=O) groups is 2. The van der Waals surface area contributed by atoms with Crippen LogP contribution in [0.25, 0.3) is 0 Å². The van der Waals surface area contributed by atoms with Gasteiger partial charge in [0.2, 0.25) is 5.91 Å². The van der Waals surface area contributed by atoms with Crippen LogP contribution in [0.15, 0.2) is 30.9 Å². The Hall–Kier alpha value is -2.81. The number of morpholine rings is 1. The van der Waals surface area contributed by atoms with E-state index in [1.165, 1.54) is 18.6 Å². The van der Waals surface area contributed by atoms with Crippen molar-refractivity contribution in [2.24, 2.45) is 0 Å². The Morgan fingerprint density at radius 1 is 1.12 bits per heavy atom. The second-order valence-electron chi connectivity index (χ2n) is 6.00. The van der Waals surface area contributed by atoms with E-state index in [0.29, 0.717) is 32.8 Å². The van der Waals surface area contributed by atoms with Gasteiger partial charge in [-0.2, -0.15) is 5.10 Å². The molecule has 4 rings (SSSR count). The summed E-state index contributed by atoms with van der Waals surface area (Å²) in [5.41, 5.74) is 1.10. The highest BCUT2D eigenvalue weighted by Gasteiger charge is 2.36. The van der Waals surface area contributed by atoms with Crippen molar-refractivity contribution >= 4 is 11.8 Å². The number of rotatable bonds is 2. The first kappa shape index (κ1) is 15.7. The van der Waals surface area contributed by atoms with Crippen LogP contribution in [-0.2, 0) is 16.1 Å². The molecule has 0 saturated carbocycles. The maximum atomic E-state index is 13.0. The Balaban J connectivity index is 1.59. The molecule has 0 bridgehead atoms. The molecule has 9 heteroatoms. The maximum absolute atomic E-state index is 13.0. The fraction of sp³-hybridized carbons (Fsp3) is 0.438. The van der Waals surface area contributed by atoms with E-state index in [9.17, 15) is 9.59 Å². The third-order valence-electron chi connectivity index (χ3n) is 4.47. The van der Waals surface area contributed by atoms with E-state index in [1.54, 1.807) is 20.7 Å². The molecule has 4 heterocycles. The minimum absolute atomic E-state index is 0.0371. The second kappa shape index (κ2) is 6.60. The summed E-state index contributed by atoms with van der Waals surface area (Å²) in [4.78, 5) is 37.1. The van der Waals surface area contributed by atoms with Crippen LogP contribution < -0.4 is 0 Å². The zero-order valence-electron chi connectivity index (χ0n) is 13.6. The van der Waals surface area contributed by atoms with Crippen LogP contribution in [0, 0.1) is 0 Å². The molecule has 25 heavy (non-hydrogen) atoms. The molecule has 2 amide bonds. The fourth-order valence-electron chi connectivity index (χ4n) is 3.20. The van der Waals surface area contributed by atoms with Gasteiger partial charge in [-0.05, 0) is 6.07 Å². The number of ether oxygens (including phenoxy) is 1. The quantitative estimate of drug-likeness (QED) is 0.746. The molecule has 1 unspecified atom stereocenters. The third-order valence-corrected chi connectivity index (χ3v) is 4.47. The number of amides is 2. The Morgan fingerprint density at radius 2 is 1.96 bits per heavy atom. The molecule has 2 aromatic rings. The van der Waals surface area contributed by atoms with Gasteiger partial charge in [-0.15, -0.1) is 0 Å². The van der Waals surface area contributed by atoms with Gasteiger partial charge in [-0.3, -0.25) is 19.3 Å². The van der Waals surface area contributed by atoms with Crippen LogP contribution in [0.5, 0.6) is 0 Å². The average molecular weight is 342 g/mol. The van der Waals surface area contributed by atoms with Gasteiger partial charge in [0.25, 0.3) is 5.91 Å². The number of nitrogens with zero attached hydrogens (tertiary/aromatic N) is 6. The Labute approximate surface area is 144 Å². The first-order valence-corrected chi connectivity index (χ1v) is 8.18. The molecule has 130 valence electrons. The van der Waals surface area contributed by atoms with E-state index in [-0.39, 0.29) is 24.1 Å². The van der Waals surface area contributed by atoms with Crippen LogP contribution in [0.3, 0.4) is 0 Å². The molecular formula is C16H18N6O3. The molecule has 1 saturated heterocycles. The van der Waals surface area contributed by atoms with Crippen LogP contribution in [0.2, 0.25) is 0 Å². The first-order chi connectivity index (χ1) is 12.2. The Kier molecular flexibility index (Phi) is 4.14. The summed E-state index contributed by atoms with van der Waals surface area (Å²) in [5, 5.41) is 4.29. The SMILES string of the molecule is O=C(c1cnccn1)N1Cc2ccnn2C(C(=O)N2CCOCC2)C1. The zero-order valence-corrected chi connectivity index (χ0v) is 13.6. The summed E-state index contributed by atoms with van der Waals surface area (Å²) in [5.74, 6) is -0.273. The predicted octanol–water partition coefficient (Wildman–Crippen LogP) is -0.271. The van der Waals surface area contributed by atoms with Gasteiger partial charge in [-0.1, -0.05) is 0 Å². The van der Waals surface area contributed by atoms with Gasteiger partial charge in [-0.25, -0.2) is 4.98 Å². The molecule has 0 aromatic carbocycles. The smallest absolute Gasteiger partial charge is 0.274 e. The van der Waals surface area contributed by atoms with Crippen LogP contribution in [0.4, 0.5) is 0 Å². The summed E-state index contributed by atoms with van der Waals surface area (Å²) in [6.45, 7) is 2.84. The van der Waals surface area contributed by atoms with Crippen molar-refractivity contribution in [2.45, 2.75) is 12.6 Å².